The van der Waals surface area contributed by atoms with Crippen LogP contribution in [0.1, 0.15) is 43.9 Å². The van der Waals surface area contributed by atoms with E-state index in [0.29, 0.717) is 11.4 Å². The maximum absolute atomic E-state index is 12.7. The predicted molar refractivity (Wildman–Crippen MR) is 112 cm³/mol. The molecule has 0 unspecified atom stereocenters. The lowest BCUT2D eigenvalue weighted by Crippen LogP contribution is -2.41. The second-order valence-electron chi connectivity index (χ2n) is 7.01. The Hall–Kier alpha value is -2.54. The van der Waals surface area contributed by atoms with E-state index in [1.807, 2.05) is 57.2 Å². The van der Waals surface area contributed by atoms with E-state index in [9.17, 15) is 13.2 Å². The molecule has 0 aliphatic rings. The molecular weight excluding hydrogens is 376 g/mol. The van der Waals surface area contributed by atoms with Crippen molar-refractivity contribution in [3.05, 3.63) is 59.7 Å². The zero-order valence-electron chi connectivity index (χ0n) is 17.0. The van der Waals surface area contributed by atoms with Gasteiger partial charge in [0.2, 0.25) is 15.9 Å². The first-order valence-corrected chi connectivity index (χ1v) is 11.0. The Morgan fingerprint density at radius 3 is 2.18 bits per heavy atom. The molecular formula is C21H28N2O4S. The number of carbonyl (C=O) groups excluding carboxylic acids is 1. The Balaban J connectivity index is 2.26. The summed E-state index contributed by atoms with van der Waals surface area (Å²) in [6.07, 6.45) is 1.11. The van der Waals surface area contributed by atoms with Crippen LogP contribution in [0.5, 0.6) is 5.75 Å². The van der Waals surface area contributed by atoms with Crippen molar-refractivity contribution in [3.63, 3.8) is 0 Å². The largest absolute Gasteiger partial charge is 0.496 e. The summed E-state index contributed by atoms with van der Waals surface area (Å²) in [6.45, 7) is 5.52. The second-order valence-corrected chi connectivity index (χ2v) is 8.92. The number of nitrogens with zero attached hydrogens (tertiary/aromatic N) is 1. The van der Waals surface area contributed by atoms with Gasteiger partial charge >= 0.3 is 0 Å². The van der Waals surface area contributed by atoms with Gasteiger partial charge < -0.3 is 10.1 Å². The van der Waals surface area contributed by atoms with Crippen molar-refractivity contribution in [3.8, 4) is 5.75 Å². The number of carbonyl (C=O) groups is 1. The standard InChI is InChI=1S/C21H28N2O4S/c1-15(2)17-10-6-8-12-19(17)23(28(5,25)26)14-21(24)22-16(3)18-11-7-9-13-20(18)27-4/h6-13,15-16H,14H2,1-5H3,(H,22,24)/t16-/m0/s1. The molecule has 1 amide bonds. The van der Waals surface area contributed by atoms with Gasteiger partial charge in [-0.3, -0.25) is 9.10 Å². The van der Waals surface area contributed by atoms with Gasteiger partial charge in [-0.2, -0.15) is 0 Å². The fourth-order valence-corrected chi connectivity index (χ4v) is 3.98. The second kappa shape index (κ2) is 9.10. The van der Waals surface area contributed by atoms with Crippen LogP contribution < -0.4 is 14.4 Å². The van der Waals surface area contributed by atoms with Crippen LogP contribution in [0.2, 0.25) is 0 Å². The number of sulfonamides is 1. The van der Waals surface area contributed by atoms with Gasteiger partial charge in [0.25, 0.3) is 0 Å². The number of hydrogen-bond acceptors (Lipinski definition) is 4. The van der Waals surface area contributed by atoms with Crippen LogP contribution in [0.3, 0.4) is 0 Å². The van der Waals surface area contributed by atoms with Crippen molar-refractivity contribution in [1.29, 1.82) is 0 Å². The highest BCUT2D eigenvalue weighted by atomic mass is 32.2. The van der Waals surface area contributed by atoms with E-state index in [1.165, 1.54) is 0 Å². The Morgan fingerprint density at radius 1 is 1.04 bits per heavy atom. The minimum atomic E-state index is -3.63. The molecule has 0 saturated heterocycles. The summed E-state index contributed by atoms with van der Waals surface area (Å²) in [6, 6.07) is 14.3. The summed E-state index contributed by atoms with van der Waals surface area (Å²) in [7, 11) is -2.06. The van der Waals surface area contributed by atoms with E-state index in [0.717, 1.165) is 21.7 Å². The van der Waals surface area contributed by atoms with Crippen LogP contribution in [-0.2, 0) is 14.8 Å². The van der Waals surface area contributed by atoms with Crippen molar-refractivity contribution in [1.82, 2.24) is 5.32 Å². The van der Waals surface area contributed by atoms with E-state index >= 15 is 0 Å². The quantitative estimate of drug-likeness (QED) is 0.731. The van der Waals surface area contributed by atoms with Crippen LogP contribution in [0.4, 0.5) is 5.69 Å². The molecule has 0 heterocycles. The van der Waals surface area contributed by atoms with Gasteiger partial charge in [-0.05, 0) is 30.5 Å². The average Bonchev–Trinajstić information content (AvgIpc) is 2.65. The molecule has 1 atom stereocenters. The highest BCUT2D eigenvalue weighted by Gasteiger charge is 2.25. The number of anilines is 1. The molecule has 2 aromatic carbocycles. The molecule has 28 heavy (non-hydrogen) atoms. The first-order chi connectivity index (χ1) is 13.1. The van der Waals surface area contributed by atoms with Crippen LogP contribution in [-0.4, -0.2) is 34.2 Å². The zero-order valence-corrected chi connectivity index (χ0v) is 17.8. The molecule has 6 nitrogen and oxygen atoms in total. The summed E-state index contributed by atoms with van der Waals surface area (Å²) in [5.74, 6) is 0.402. The highest BCUT2D eigenvalue weighted by molar-refractivity contribution is 7.92. The van der Waals surface area contributed by atoms with E-state index in [1.54, 1.807) is 19.2 Å². The smallest absolute Gasteiger partial charge is 0.241 e. The van der Waals surface area contributed by atoms with Gasteiger partial charge in [0.05, 0.1) is 25.1 Å². The Morgan fingerprint density at radius 2 is 1.61 bits per heavy atom. The van der Waals surface area contributed by atoms with Crippen molar-refractivity contribution >= 4 is 21.6 Å². The molecule has 0 aromatic heterocycles. The molecule has 0 saturated carbocycles. The average molecular weight is 405 g/mol. The molecule has 1 N–H and O–H groups in total. The van der Waals surface area contributed by atoms with Crippen LogP contribution in [0.25, 0.3) is 0 Å². The number of hydrogen-bond donors (Lipinski definition) is 1. The normalized spacial score (nSPS) is 12.5. The maximum atomic E-state index is 12.7. The molecule has 0 radical (unpaired) electrons. The van der Waals surface area contributed by atoms with Crippen molar-refractivity contribution in [2.75, 3.05) is 24.2 Å². The van der Waals surface area contributed by atoms with Gasteiger partial charge in [0, 0.05) is 5.56 Å². The number of ether oxygens (including phenoxy) is 1. The van der Waals surface area contributed by atoms with Crippen molar-refractivity contribution in [2.24, 2.45) is 0 Å². The lowest BCUT2D eigenvalue weighted by atomic mass is 10.0. The summed E-state index contributed by atoms with van der Waals surface area (Å²) < 4.78 is 31.3. The third kappa shape index (κ3) is 5.25. The third-order valence-corrected chi connectivity index (χ3v) is 5.62. The lowest BCUT2D eigenvalue weighted by Gasteiger charge is -2.26. The lowest BCUT2D eigenvalue weighted by molar-refractivity contribution is -0.120. The fraction of sp³-hybridized carbons (Fsp3) is 0.381. The summed E-state index contributed by atoms with van der Waals surface area (Å²) in [4.78, 5) is 12.7. The summed E-state index contributed by atoms with van der Waals surface area (Å²) in [5, 5.41) is 2.87. The first kappa shape index (κ1) is 21.8. The predicted octanol–water partition coefficient (Wildman–Crippen LogP) is 3.46. The maximum Gasteiger partial charge on any atom is 0.241 e. The Kier molecular flexibility index (Phi) is 7.07. The van der Waals surface area contributed by atoms with Gasteiger partial charge in [0.15, 0.2) is 0 Å². The number of benzene rings is 2. The summed E-state index contributed by atoms with van der Waals surface area (Å²) >= 11 is 0. The molecule has 0 aliphatic carbocycles. The van der Waals surface area contributed by atoms with Gasteiger partial charge in [0.1, 0.15) is 12.3 Å². The van der Waals surface area contributed by atoms with E-state index < -0.39 is 10.0 Å². The number of nitrogens with one attached hydrogen (secondary N) is 1. The van der Waals surface area contributed by atoms with Gasteiger partial charge in [-0.25, -0.2) is 8.42 Å². The van der Waals surface area contributed by atoms with Gasteiger partial charge in [-0.1, -0.05) is 50.2 Å². The number of amides is 1. The van der Waals surface area contributed by atoms with Crippen LogP contribution in [0.15, 0.2) is 48.5 Å². The van der Waals surface area contributed by atoms with E-state index in [4.69, 9.17) is 4.74 Å². The SMILES string of the molecule is COc1ccccc1[C@H](C)NC(=O)CN(c1ccccc1C(C)C)S(C)(=O)=O. The van der Waals surface area contributed by atoms with Crippen molar-refractivity contribution < 1.29 is 17.9 Å². The topological polar surface area (TPSA) is 75.7 Å². The minimum absolute atomic E-state index is 0.121. The highest BCUT2D eigenvalue weighted by Crippen LogP contribution is 2.29. The molecule has 7 heteroatoms. The molecule has 2 rings (SSSR count). The molecule has 0 bridgehead atoms. The first-order valence-electron chi connectivity index (χ1n) is 9.14. The molecule has 0 spiro atoms. The van der Waals surface area contributed by atoms with E-state index in [-0.39, 0.29) is 24.4 Å². The molecule has 152 valence electrons. The Bertz CT molecular complexity index is 926. The third-order valence-electron chi connectivity index (χ3n) is 4.50. The number of methoxy groups -OCH3 is 1. The minimum Gasteiger partial charge on any atom is -0.496 e. The summed E-state index contributed by atoms with van der Waals surface area (Å²) in [5.41, 5.74) is 2.23. The van der Waals surface area contributed by atoms with Crippen LogP contribution >= 0.6 is 0 Å². The monoisotopic (exact) mass is 404 g/mol. The molecule has 0 aliphatic heterocycles. The Labute approximate surface area is 167 Å². The van der Waals surface area contributed by atoms with Crippen LogP contribution in [0, 0.1) is 0 Å². The zero-order chi connectivity index (χ0) is 20.9. The van der Waals surface area contributed by atoms with E-state index in [2.05, 4.69) is 5.32 Å². The number of para-hydroxylation sites is 2. The van der Waals surface area contributed by atoms with Crippen molar-refractivity contribution in [2.45, 2.75) is 32.7 Å². The van der Waals surface area contributed by atoms with Gasteiger partial charge in [-0.15, -0.1) is 0 Å². The number of rotatable bonds is 8. The fourth-order valence-electron chi connectivity index (χ4n) is 3.10. The molecule has 0 fully saturated rings. The molecule has 2 aromatic rings.